The average Bonchev–Trinajstić information content (AvgIpc) is 3.32. The van der Waals surface area contributed by atoms with E-state index in [1.807, 2.05) is 0 Å². The molecular formula is C26H46N2O4. The lowest BCUT2D eigenvalue weighted by Gasteiger charge is -2.45. The van der Waals surface area contributed by atoms with Gasteiger partial charge in [-0.15, -0.1) is 0 Å². The molecule has 1 aliphatic heterocycles. The number of carbonyl (C=O) groups excluding carboxylic acids is 1. The summed E-state index contributed by atoms with van der Waals surface area (Å²) in [5.74, 6) is 3.63. The number of fused-ring (bicyclic) bond motifs is 1. The topological polar surface area (TPSA) is 68.8 Å². The van der Waals surface area contributed by atoms with Crippen molar-refractivity contribution in [1.82, 2.24) is 10.6 Å². The maximum atomic E-state index is 11.8. The first-order valence-corrected chi connectivity index (χ1v) is 13.4. The molecule has 4 rings (SSSR count). The van der Waals surface area contributed by atoms with E-state index in [-0.39, 0.29) is 24.3 Å². The summed E-state index contributed by atoms with van der Waals surface area (Å²) in [6.45, 7) is 1.90. The van der Waals surface area contributed by atoms with Gasteiger partial charge in [0.2, 0.25) is 0 Å². The van der Waals surface area contributed by atoms with E-state index in [1.165, 1.54) is 84.2 Å². The van der Waals surface area contributed by atoms with E-state index in [2.05, 4.69) is 17.7 Å². The van der Waals surface area contributed by atoms with Crippen LogP contribution in [0.3, 0.4) is 0 Å². The zero-order valence-electron chi connectivity index (χ0n) is 20.4. The molecule has 0 bridgehead atoms. The molecular weight excluding hydrogens is 404 g/mol. The van der Waals surface area contributed by atoms with Gasteiger partial charge in [0, 0.05) is 12.5 Å². The van der Waals surface area contributed by atoms with E-state index in [9.17, 15) is 4.79 Å². The first-order valence-electron chi connectivity index (χ1n) is 13.4. The third-order valence-electron chi connectivity index (χ3n) is 8.94. The molecule has 5 unspecified atom stereocenters. The van der Waals surface area contributed by atoms with Crippen LogP contribution in [0.4, 0.5) is 0 Å². The molecule has 1 saturated heterocycles. The first-order chi connectivity index (χ1) is 15.7. The van der Waals surface area contributed by atoms with Crippen LogP contribution in [0.15, 0.2) is 0 Å². The first kappa shape index (κ1) is 24.4. The summed E-state index contributed by atoms with van der Waals surface area (Å²) in [7, 11) is 3.52. The van der Waals surface area contributed by atoms with Crippen LogP contribution in [-0.2, 0) is 19.0 Å². The predicted molar refractivity (Wildman–Crippen MR) is 125 cm³/mol. The molecule has 1 heterocycles. The van der Waals surface area contributed by atoms with Gasteiger partial charge in [-0.1, -0.05) is 44.9 Å². The summed E-state index contributed by atoms with van der Waals surface area (Å²) >= 11 is 0. The van der Waals surface area contributed by atoms with E-state index in [1.54, 1.807) is 0 Å². The number of nitrogens with one attached hydrogen (secondary N) is 2. The van der Waals surface area contributed by atoms with E-state index in [0.717, 1.165) is 24.3 Å². The molecule has 0 radical (unpaired) electrons. The Morgan fingerprint density at radius 1 is 1.00 bits per heavy atom. The maximum absolute atomic E-state index is 11.8. The molecule has 0 spiro atoms. The molecule has 0 aromatic rings. The summed E-state index contributed by atoms with van der Waals surface area (Å²) in [4.78, 5) is 11.8. The minimum absolute atomic E-state index is 0.227. The number of rotatable bonds is 9. The van der Waals surface area contributed by atoms with Gasteiger partial charge in [0.1, 0.15) is 12.3 Å². The summed E-state index contributed by atoms with van der Waals surface area (Å²) in [5, 5.41) is 6.78. The molecule has 6 heteroatoms. The summed E-state index contributed by atoms with van der Waals surface area (Å²) in [5.41, 5.74) is 0. The van der Waals surface area contributed by atoms with Crippen molar-refractivity contribution in [1.29, 1.82) is 0 Å². The third-order valence-corrected chi connectivity index (χ3v) is 8.94. The molecule has 0 aromatic heterocycles. The number of hydrogen-bond donors (Lipinski definition) is 2. The van der Waals surface area contributed by atoms with Crippen LogP contribution in [0, 0.1) is 29.6 Å². The maximum Gasteiger partial charge on any atom is 0.325 e. The highest BCUT2D eigenvalue weighted by atomic mass is 16.6. The minimum atomic E-state index is -0.378. The monoisotopic (exact) mass is 450 g/mol. The number of esters is 1. The quantitative estimate of drug-likeness (QED) is 0.520. The fourth-order valence-electron chi connectivity index (χ4n) is 7.26. The van der Waals surface area contributed by atoms with Crippen molar-refractivity contribution in [3.8, 4) is 0 Å². The van der Waals surface area contributed by atoms with Crippen molar-refractivity contribution in [3.05, 3.63) is 0 Å². The van der Waals surface area contributed by atoms with Gasteiger partial charge >= 0.3 is 5.97 Å². The van der Waals surface area contributed by atoms with Crippen molar-refractivity contribution < 1.29 is 19.0 Å². The normalized spacial score (nSPS) is 35.8. The largest absolute Gasteiger partial charge is 0.468 e. The van der Waals surface area contributed by atoms with Gasteiger partial charge in [-0.2, -0.15) is 0 Å². The minimum Gasteiger partial charge on any atom is -0.468 e. The molecule has 0 aromatic carbocycles. The molecule has 2 N–H and O–H groups in total. The number of carbonyl (C=O) groups is 1. The Kier molecular flexibility index (Phi) is 9.27. The fraction of sp³-hybridized carbons (Fsp3) is 0.962. The standard InChI is InChI=1S/C26H46N2O4/c1-27-15-22(21-13-12-18-8-6-7-11-20(18)14-21)25(19-9-4-3-5-10-19)32-17-24-28-23(16-31-24)26(29)30-2/h18-25,27-28H,3-17H2,1-2H3/t18?,20?,21?,22-,23?,24?,25-/m1/s1. The third kappa shape index (κ3) is 6.05. The Balaban J connectivity index is 1.42. The van der Waals surface area contributed by atoms with Crippen LogP contribution in [0.5, 0.6) is 0 Å². The number of hydrogen-bond acceptors (Lipinski definition) is 6. The van der Waals surface area contributed by atoms with Crippen LogP contribution in [0.2, 0.25) is 0 Å². The molecule has 184 valence electrons. The molecule has 7 atom stereocenters. The van der Waals surface area contributed by atoms with Crippen molar-refractivity contribution in [2.45, 2.75) is 95.4 Å². The van der Waals surface area contributed by atoms with E-state index < -0.39 is 0 Å². The van der Waals surface area contributed by atoms with Crippen LogP contribution < -0.4 is 10.6 Å². The molecule has 32 heavy (non-hydrogen) atoms. The molecule has 6 nitrogen and oxygen atoms in total. The Morgan fingerprint density at radius 3 is 2.50 bits per heavy atom. The van der Waals surface area contributed by atoms with Crippen LogP contribution in [0.1, 0.15) is 77.0 Å². The lowest BCUT2D eigenvalue weighted by molar-refractivity contribution is -0.142. The molecule has 3 aliphatic carbocycles. The predicted octanol–water partition coefficient (Wildman–Crippen LogP) is 3.88. The molecule has 3 saturated carbocycles. The van der Waals surface area contributed by atoms with Crippen molar-refractivity contribution >= 4 is 5.97 Å². The number of ether oxygens (including phenoxy) is 3. The van der Waals surface area contributed by atoms with Crippen LogP contribution in [-0.4, -0.2) is 58.3 Å². The zero-order valence-corrected chi connectivity index (χ0v) is 20.4. The van der Waals surface area contributed by atoms with Gasteiger partial charge in [-0.05, 0) is 62.8 Å². The summed E-state index contributed by atoms with van der Waals surface area (Å²) < 4.78 is 17.4. The van der Waals surface area contributed by atoms with Gasteiger partial charge in [0.05, 0.1) is 26.4 Å². The van der Waals surface area contributed by atoms with E-state index in [4.69, 9.17) is 14.2 Å². The second-order valence-electron chi connectivity index (χ2n) is 10.9. The van der Waals surface area contributed by atoms with Gasteiger partial charge in [0.25, 0.3) is 0 Å². The van der Waals surface area contributed by atoms with Crippen molar-refractivity contribution in [3.63, 3.8) is 0 Å². The Bertz CT molecular complexity index is 582. The van der Waals surface area contributed by atoms with E-state index in [0.29, 0.717) is 25.0 Å². The average molecular weight is 451 g/mol. The summed E-state index contributed by atoms with van der Waals surface area (Å²) in [6.07, 6.45) is 16.6. The zero-order chi connectivity index (χ0) is 22.3. The Morgan fingerprint density at radius 2 is 1.75 bits per heavy atom. The Labute approximate surface area is 194 Å². The second kappa shape index (κ2) is 12.1. The summed E-state index contributed by atoms with van der Waals surface area (Å²) in [6, 6.07) is -0.378. The second-order valence-corrected chi connectivity index (χ2v) is 10.9. The molecule has 0 amide bonds. The van der Waals surface area contributed by atoms with Gasteiger partial charge in [-0.25, -0.2) is 0 Å². The smallest absolute Gasteiger partial charge is 0.325 e. The van der Waals surface area contributed by atoms with Crippen LogP contribution in [0.25, 0.3) is 0 Å². The SMILES string of the molecule is CNC[C@H](C1CCC2CCCCC2C1)[C@H](OCC1NC(C(=O)OC)CO1)C1CCCCC1. The van der Waals surface area contributed by atoms with Crippen molar-refractivity contribution in [2.75, 3.05) is 33.9 Å². The lowest BCUT2D eigenvalue weighted by atomic mass is 9.63. The highest BCUT2D eigenvalue weighted by Gasteiger charge is 2.41. The van der Waals surface area contributed by atoms with E-state index >= 15 is 0 Å². The van der Waals surface area contributed by atoms with Gasteiger partial charge in [-0.3, -0.25) is 10.1 Å². The number of methoxy groups -OCH3 is 1. The fourth-order valence-corrected chi connectivity index (χ4v) is 7.26. The Hall–Kier alpha value is -0.690. The molecule has 4 fully saturated rings. The highest BCUT2D eigenvalue weighted by molar-refractivity contribution is 5.76. The molecule has 4 aliphatic rings. The highest BCUT2D eigenvalue weighted by Crippen LogP contribution is 2.47. The van der Waals surface area contributed by atoms with Gasteiger partial charge < -0.3 is 19.5 Å². The van der Waals surface area contributed by atoms with Crippen LogP contribution >= 0.6 is 0 Å². The van der Waals surface area contributed by atoms with Crippen molar-refractivity contribution in [2.24, 2.45) is 29.6 Å². The lowest BCUT2D eigenvalue weighted by Crippen LogP contribution is -2.46. The van der Waals surface area contributed by atoms with Gasteiger partial charge in [0.15, 0.2) is 0 Å².